The molecule has 1 aliphatic rings. The van der Waals surface area contributed by atoms with Crippen molar-refractivity contribution < 1.29 is 34.1 Å². The molecule has 0 saturated carbocycles. The largest absolute Gasteiger partial charge is 0.455 e. The molecule has 0 fully saturated rings. The van der Waals surface area contributed by atoms with Gasteiger partial charge in [-0.3, -0.25) is 14.4 Å². The third-order valence-electron chi connectivity index (χ3n) is 8.11. The quantitative estimate of drug-likeness (QED) is 0.162. The fourth-order valence-corrected chi connectivity index (χ4v) is 4.88. The van der Waals surface area contributed by atoms with Crippen LogP contribution in [0.1, 0.15) is 93.4 Å². The number of esters is 1. The van der Waals surface area contributed by atoms with Crippen molar-refractivity contribution >= 4 is 23.4 Å². The van der Waals surface area contributed by atoms with E-state index in [1.54, 1.807) is 52.8 Å². The number of rotatable bonds is 7. The van der Waals surface area contributed by atoms with E-state index in [0.717, 1.165) is 5.57 Å². The van der Waals surface area contributed by atoms with Gasteiger partial charge in [-0.2, -0.15) is 0 Å². The van der Waals surface area contributed by atoms with Crippen LogP contribution >= 0.6 is 0 Å². The van der Waals surface area contributed by atoms with Gasteiger partial charge in [0.2, 0.25) is 5.91 Å². The van der Waals surface area contributed by atoms with Gasteiger partial charge < -0.3 is 20.3 Å². The Hall–Kier alpha value is -2.84. The summed E-state index contributed by atoms with van der Waals surface area (Å²) in [4.78, 5) is 51.0. The van der Waals surface area contributed by atoms with Crippen LogP contribution in [0.5, 0.6) is 0 Å². The van der Waals surface area contributed by atoms with Crippen molar-refractivity contribution in [3.8, 4) is 0 Å². The van der Waals surface area contributed by atoms with Crippen LogP contribution in [0.15, 0.2) is 48.1 Å². The molecule has 0 spiro atoms. The first-order chi connectivity index (χ1) is 19.7. The zero-order valence-corrected chi connectivity index (χ0v) is 26.6. The highest BCUT2D eigenvalue weighted by Crippen LogP contribution is 2.22. The second-order valence-corrected chi connectivity index (χ2v) is 12.1. The molecule has 8 atom stereocenters. The lowest BCUT2D eigenvalue weighted by molar-refractivity contribution is -0.142. The van der Waals surface area contributed by atoms with E-state index in [1.807, 2.05) is 26.0 Å². The van der Waals surface area contributed by atoms with Gasteiger partial charge in [-0.25, -0.2) is 4.79 Å². The number of nitrogens with one attached hydrogen (secondary N) is 1. The molecule has 1 heterocycles. The fourth-order valence-electron chi connectivity index (χ4n) is 4.88. The number of allylic oxidation sites excluding steroid dienone is 3. The molecule has 1 amide bonds. The number of hydrogen-bond donors (Lipinski definition) is 3. The molecule has 8 nitrogen and oxygen atoms in total. The van der Waals surface area contributed by atoms with Crippen LogP contribution in [-0.4, -0.2) is 58.0 Å². The highest BCUT2D eigenvalue weighted by molar-refractivity contribution is 5.99. The number of carbonyl (C=O) groups is 4. The van der Waals surface area contributed by atoms with E-state index in [2.05, 4.69) is 11.9 Å². The van der Waals surface area contributed by atoms with E-state index in [4.69, 9.17) is 4.74 Å². The maximum Gasteiger partial charge on any atom is 0.333 e. The van der Waals surface area contributed by atoms with Gasteiger partial charge in [0, 0.05) is 35.8 Å². The van der Waals surface area contributed by atoms with Crippen LogP contribution in [0.4, 0.5) is 0 Å². The van der Waals surface area contributed by atoms with Gasteiger partial charge in [0.05, 0.1) is 18.6 Å². The lowest BCUT2D eigenvalue weighted by Gasteiger charge is -2.23. The first-order valence-corrected chi connectivity index (χ1v) is 15.2. The van der Waals surface area contributed by atoms with E-state index < -0.39 is 42.0 Å². The molecular weight excluding hydrogens is 534 g/mol. The molecule has 0 aliphatic carbocycles. The lowest BCUT2D eigenvalue weighted by atomic mass is 9.87. The minimum Gasteiger partial charge on any atom is -0.455 e. The van der Waals surface area contributed by atoms with Crippen molar-refractivity contribution in [2.75, 3.05) is 0 Å². The Morgan fingerprint density at radius 2 is 1.76 bits per heavy atom. The summed E-state index contributed by atoms with van der Waals surface area (Å²) in [5, 5.41) is 23.9. The number of amides is 1. The highest BCUT2D eigenvalue weighted by Gasteiger charge is 2.28. The number of cyclic esters (lactones) is 1. The summed E-state index contributed by atoms with van der Waals surface area (Å²) in [6.07, 6.45) is 9.10. The molecule has 0 saturated heterocycles. The number of ketones is 2. The average molecular weight is 588 g/mol. The standard InChI is InChI=1S/C34H53NO7/c1-9-10-22(3)29(36)17-12-21(2)11-15-28-16-13-23(4)31(38)20-32(39)35-26(7)14-18-30(37)27(8)33(40)24(5)19-25(6)34(41)42-28/h9-11,15,19,21,23-24,26-29,33,36,40H,1,12-14,16-18,20H2,2-8H3,(H,35,39)/b15-11+,22-10+,25-19-/t21-,23+,24+,26-,27+,28+,29+,33+/m1/s1. The van der Waals surface area contributed by atoms with Crippen LogP contribution in [-0.2, 0) is 23.9 Å². The summed E-state index contributed by atoms with van der Waals surface area (Å²) in [6, 6.07) is -0.291. The Labute approximate surface area is 252 Å². The summed E-state index contributed by atoms with van der Waals surface area (Å²) in [5.41, 5.74) is 1.17. The van der Waals surface area contributed by atoms with Gasteiger partial charge >= 0.3 is 5.97 Å². The molecule has 0 radical (unpaired) electrons. The average Bonchev–Trinajstić information content (AvgIpc) is 2.93. The normalized spacial score (nSPS) is 31.2. The monoisotopic (exact) mass is 587 g/mol. The number of hydrogen-bond acceptors (Lipinski definition) is 7. The maximum absolute atomic E-state index is 13.0. The summed E-state index contributed by atoms with van der Waals surface area (Å²) >= 11 is 0. The van der Waals surface area contributed by atoms with Crippen molar-refractivity contribution in [1.29, 1.82) is 0 Å². The third kappa shape index (κ3) is 13.4. The van der Waals surface area contributed by atoms with Crippen molar-refractivity contribution in [2.45, 2.75) is 118 Å². The zero-order valence-electron chi connectivity index (χ0n) is 26.6. The van der Waals surface area contributed by atoms with E-state index in [0.29, 0.717) is 37.7 Å². The van der Waals surface area contributed by atoms with Gasteiger partial charge in [-0.05, 0) is 70.4 Å². The molecule has 8 heteroatoms. The molecule has 0 aromatic heterocycles. The van der Waals surface area contributed by atoms with E-state index in [-0.39, 0.29) is 42.3 Å². The molecular formula is C34H53NO7. The minimum absolute atomic E-state index is 0.0995. The third-order valence-corrected chi connectivity index (χ3v) is 8.11. The van der Waals surface area contributed by atoms with Crippen molar-refractivity contribution in [2.24, 2.45) is 23.7 Å². The first kappa shape index (κ1) is 37.2. The van der Waals surface area contributed by atoms with E-state index in [1.165, 1.54) is 0 Å². The molecule has 1 rings (SSSR count). The van der Waals surface area contributed by atoms with Crippen LogP contribution < -0.4 is 5.32 Å². The Balaban J connectivity index is 3.15. The van der Waals surface area contributed by atoms with Crippen molar-refractivity contribution in [3.63, 3.8) is 0 Å². The Kier molecular flexibility index (Phi) is 16.5. The molecule has 0 aromatic carbocycles. The zero-order chi connectivity index (χ0) is 32.0. The molecule has 0 bridgehead atoms. The number of aliphatic hydroxyl groups is 2. The Morgan fingerprint density at radius 1 is 1.10 bits per heavy atom. The smallest absolute Gasteiger partial charge is 0.333 e. The van der Waals surface area contributed by atoms with E-state index >= 15 is 0 Å². The predicted molar refractivity (Wildman–Crippen MR) is 165 cm³/mol. The van der Waals surface area contributed by atoms with Crippen molar-refractivity contribution in [1.82, 2.24) is 5.32 Å². The lowest BCUT2D eigenvalue weighted by Crippen LogP contribution is -2.36. The Bertz CT molecular complexity index is 1030. The predicted octanol–water partition coefficient (Wildman–Crippen LogP) is 5.19. The number of carbonyl (C=O) groups excluding carboxylic acids is 4. The topological polar surface area (TPSA) is 130 Å². The Morgan fingerprint density at radius 3 is 2.40 bits per heavy atom. The van der Waals surface area contributed by atoms with Crippen LogP contribution in [0.2, 0.25) is 0 Å². The van der Waals surface area contributed by atoms with Crippen LogP contribution in [0.25, 0.3) is 0 Å². The summed E-state index contributed by atoms with van der Waals surface area (Å²) < 4.78 is 5.82. The summed E-state index contributed by atoms with van der Waals surface area (Å²) in [5.74, 6) is -2.69. The van der Waals surface area contributed by atoms with Gasteiger partial charge in [-0.15, -0.1) is 0 Å². The van der Waals surface area contributed by atoms with Gasteiger partial charge in [0.25, 0.3) is 0 Å². The molecule has 236 valence electrons. The fraction of sp³-hybridized carbons (Fsp3) is 0.647. The van der Waals surface area contributed by atoms with Gasteiger partial charge in [0.1, 0.15) is 17.7 Å². The van der Waals surface area contributed by atoms with Gasteiger partial charge in [-0.1, -0.05) is 58.6 Å². The number of ether oxygens (including phenoxy) is 1. The highest BCUT2D eigenvalue weighted by atomic mass is 16.5. The second kappa shape index (κ2) is 18.6. The van der Waals surface area contributed by atoms with Crippen LogP contribution in [0.3, 0.4) is 0 Å². The molecule has 1 aliphatic heterocycles. The molecule has 42 heavy (non-hydrogen) atoms. The number of Topliss-reactive ketones (excluding diaryl/α,β-unsaturated/α-hetero) is 2. The van der Waals surface area contributed by atoms with Crippen molar-refractivity contribution in [3.05, 3.63) is 48.1 Å². The SMILES string of the molecule is C=C/C=C(\C)[C@@H](O)CC[C@H](C)/C=C/[C@H]1CC[C@H](C)C(=O)CC(=O)N[C@H](C)CCC(=O)[C@H](C)[C@@H](O)[C@@H](C)/C=C(/C)C(=O)O1. The van der Waals surface area contributed by atoms with Gasteiger partial charge in [0.15, 0.2) is 0 Å². The van der Waals surface area contributed by atoms with Crippen LogP contribution in [0, 0.1) is 23.7 Å². The minimum atomic E-state index is -0.984. The first-order valence-electron chi connectivity index (χ1n) is 15.2. The number of aliphatic hydroxyl groups excluding tert-OH is 2. The maximum atomic E-state index is 13.0. The second-order valence-electron chi connectivity index (χ2n) is 12.1. The molecule has 3 N–H and O–H groups in total. The summed E-state index contributed by atoms with van der Waals surface area (Å²) in [6.45, 7) is 16.1. The van der Waals surface area contributed by atoms with E-state index in [9.17, 15) is 29.4 Å². The molecule has 0 aromatic rings. The summed E-state index contributed by atoms with van der Waals surface area (Å²) in [7, 11) is 0. The molecule has 0 unspecified atom stereocenters.